The predicted molar refractivity (Wildman–Crippen MR) is 102 cm³/mol. The maximum atomic E-state index is 13.1. The van der Waals surface area contributed by atoms with E-state index in [1.165, 1.54) is 0 Å². The molecule has 2 saturated carbocycles. The summed E-state index contributed by atoms with van der Waals surface area (Å²) in [4.78, 5) is 15.6. The molecule has 2 N–H and O–H groups in total. The average molecular weight is 357 g/mol. The lowest BCUT2D eigenvalue weighted by atomic mass is 9.79. The van der Waals surface area contributed by atoms with E-state index in [0.29, 0.717) is 18.5 Å². The molecule has 1 aromatic carbocycles. The van der Waals surface area contributed by atoms with Crippen LogP contribution in [0.1, 0.15) is 45.1 Å². The molecule has 0 spiro atoms. The number of rotatable bonds is 6. The van der Waals surface area contributed by atoms with Crippen molar-refractivity contribution >= 4 is 5.91 Å². The molecule has 2 aliphatic carbocycles. The molecule has 26 heavy (non-hydrogen) atoms. The summed E-state index contributed by atoms with van der Waals surface area (Å²) >= 11 is 0. The third-order valence-corrected chi connectivity index (χ3v) is 7.13. The minimum atomic E-state index is -1.38. The van der Waals surface area contributed by atoms with Crippen molar-refractivity contribution in [2.45, 2.75) is 51.2 Å². The fraction of sp³-hybridized carbons (Fsp3) is 0.682. The topological polar surface area (TPSA) is 52.6 Å². The van der Waals surface area contributed by atoms with E-state index in [0.717, 1.165) is 56.2 Å². The molecular formula is C22H32N2O2. The largest absolute Gasteiger partial charge is 0.375 e. The molecule has 1 saturated heterocycles. The maximum Gasteiger partial charge on any atom is 0.256 e. The summed E-state index contributed by atoms with van der Waals surface area (Å²) in [5.41, 5.74) is -0.641. The van der Waals surface area contributed by atoms with E-state index in [-0.39, 0.29) is 11.8 Å². The average Bonchev–Trinajstić information content (AvgIpc) is 3.09. The molecule has 4 heteroatoms. The summed E-state index contributed by atoms with van der Waals surface area (Å²) in [6.07, 6.45) is 4.06. The molecule has 1 aliphatic heterocycles. The minimum absolute atomic E-state index is 0.0278. The molecule has 3 fully saturated rings. The van der Waals surface area contributed by atoms with Crippen LogP contribution < -0.4 is 5.32 Å². The Labute approximate surface area is 157 Å². The molecule has 3 aliphatic rings. The van der Waals surface area contributed by atoms with Crippen LogP contribution in [0.4, 0.5) is 0 Å². The number of benzene rings is 1. The zero-order valence-corrected chi connectivity index (χ0v) is 16.0. The van der Waals surface area contributed by atoms with Gasteiger partial charge in [0.1, 0.15) is 0 Å². The van der Waals surface area contributed by atoms with Crippen LogP contribution in [-0.2, 0) is 10.4 Å². The first-order valence-corrected chi connectivity index (χ1v) is 10.3. The van der Waals surface area contributed by atoms with Crippen LogP contribution in [0.25, 0.3) is 0 Å². The molecular weight excluding hydrogens is 324 g/mol. The maximum absolute atomic E-state index is 13.1. The minimum Gasteiger partial charge on any atom is -0.375 e. The number of carbonyl (C=O) groups excluding carboxylic acids is 1. The van der Waals surface area contributed by atoms with Crippen molar-refractivity contribution < 1.29 is 9.90 Å². The molecule has 0 aromatic heterocycles. The van der Waals surface area contributed by atoms with E-state index in [2.05, 4.69) is 24.1 Å². The number of aliphatic hydroxyl groups is 1. The number of fused-ring (bicyclic) bond motifs is 1. The van der Waals surface area contributed by atoms with Gasteiger partial charge < -0.3 is 15.3 Å². The van der Waals surface area contributed by atoms with Crippen LogP contribution in [0.3, 0.4) is 0 Å². The fourth-order valence-electron chi connectivity index (χ4n) is 5.34. The highest BCUT2D eigenvalue weighted by atomic mass is 16.3. The van der Waals surface area contributed by atoms with Gasteiger partial charge in [-0.1, -0.05) is 43.2 Å². The number of hydrogen-bond donors (Lipinski definition) is 2. The van der Waals surface area contributed by atoms with Gasteiger partial charge >= 0.3 is 0 Å². The molecule has 0 bridgehead atoms. The number of nitrogens with one attached hydrogen (secondary N) is 1. The van der Waals surface area contributed by atoms with Crippen LogP contribution >= 0.6 is 0 Å². The Kier molecular flexibility index (Phi) is 4.83. The Hall–Kier alpha value is -1.39. The van der Waals surface area contributed by atoms with E-state index >= 15 is 0 Å². The number of carbonyl (C=O) groups is 1. The Bertz CT molecular complexity index is 629. The lowest BCUT2D eigenvalue weighted by Crippen LogP contribution is -2.49. The Morgan fingerprint density at radius 1 is 1.19 bits per heavy atom. The van der Waals surface area contributed by atoms with Crippen LogP contribution in [0.2, 0.25) is 0 Å². The lowest BCUT2D eigenvalue weighted by molar-refractivity contribution is -0.147. The zero-order chi connectivity index (χ0) is 18.3. The second-order valence-electron chi connectivity index (χ2n) is 8.86. The number of piperidine rings is 1. The SMILES string of the molecule is CC(C)N1CC2C(CNC(=O)[C@@](O)(c3ccccc3)C3CCCC3)C2C1. The van der Waals surface area contributed by atoms with Crippen molar-refractivity contribution in [3.8, 4) is 0 Å². The smallest absolute Gasteiger partial charge is 0.256 e. The fourth-order valence-corrected chi connectivity index (χ4v) is 5.34. The second kappa shape index (κ2) is 6.97. The summed E-state index contributed by atoms with van der Waals surface area (Å²) in [5, 5.41) is 14.6. The first-order chi connectivity index (χ1) is 12.5. The van der Waals surface area contributed by atoms with Gasteiger partial charge in [0.15, 0.2) is 5.60 Å². The van der Waals surface area contributed by atoms with Gasteiger partial charge in [-0.25, -0.2) is 0 Å². The molecule has 1 heterocycles. The Morgan fingerprint density at radius 2 is 1.81 bits per heavy atom. The molecule has 0 radical (unpaired) electrons. The standard InChI is InChI=1S/C22H32N2O2/c1-15(2)24-13-19-18(20(19)14-24)12-23-21(25)22(26,17-10-6-7-11-17)16-8-4-3-5-9-16/h3-5,8-9,15,17-20,26H,6-7,10-14H2,1-2H3,(H,23,25)/t18?,19?,20?,22-/m1/s1. The van der Waals surface area contributed by atoms with Crippen LogP contribution in [0.5, 0.6) is 0 Å². The quantitative estimate of drug-likeness (QED) is 0.824. The summed E-state index contributed by atoms with van der Waals surface area (Å²) in [6, 6.07) is 10.2. The van der Waals surface area contributed by atoms with Crippen LogP contribution in [-0.4, -0.2) is 41.6 Å². The van der Waals surface area contributed by atoms with Gasteiger partial charge in [-0.2, -0.15) is 0 Å². The highest BCUT2D eigenvalue weighted by molar-refractivity contribution is 5.86. The summed E-state index contributed by atoms with van der Waals surface area (Å²) in [6.45, 7) is 7.54. The Morgan fingerprint density at radius 3 is 2.38 bits per heavy atom. The van der Waals surface area contributed by atoms with Crippen molar-refractivity contribution in [3.63, 3.8) is 0 Å². The van der Waals surface area contributed by atoms with Gasteiger partial charge in [-0.15, -0.1) is 0 Å². The van der Waals surface area contributed by atoms with E-state index in [1.807, 2.05) is 30.3 Å². The van der Waals surface area contributed by atoms with Gasteiger partial charge in [0.2, 0.25) is 0 Å². The Balaban J connectivity index is 1.40. The van der Waals surface area contributed by atoms with Gasteiger partial charge in [0, 0.05) is 31.6 Å². The molecule has 2 unspecified atom stereocenters. The van der Waals surface area contributed by atoms with E-state index in [9.17, 15) is 9.90 Å². The molecule has 142 valence electrons. The lowest BCUT2D eigenvalue weighted by Gasteiger charge is -2.33. The van der Waals surface area contributed by atoms with Gasteiger partial charge in [0.25, 0.3) is 5.91 Å². The first kappa shape index (κ1) is 18.0. The van der Waals surface area contributed by atoms with Gasteiger partial charge in [-0.05, 0) is 50.0 Å². The first-order valence-electron chi connectivity index (χ1n) is 10.3. The van der Waals surface area contributed by atoms with Crippen LogP contribution in [0, 0.1) is 23.7 Å². The van der Waals surface area contributed by atoms with Crippen LogP contribution in [0.15, 0.2) is 30.3 Å². The molecule has 1 amide bonds. The van der Waals surface area contributed by atoms with Crippen molar-refractivity contribution in [2.75, 3.05) is 19.6 Å². The van der Waals surface area contributed by atoms with Crippen molar-refractivity contribution in [2.24, 2.45) is 23.7 Å². The van der Waals surface area contributed by atoms with Crippen molar-refractivity contribution in [1.82, 2.24) is 10.2 Å². The highest BCUT2D eigenvalue weighted by Gasteiger charge is 2.56. The number of hydrogen-bond acceptors (Lipinski definition) is 3. The number of amides is 1. The molecule has 4 rings (SSSR count). The summed E-state index contributed by atoms with van der Waals surface area (Å²) in [7, 11) is 0. The third kappa shape index (κ3) is 3.07. The number of nitrogens with zero attached hydrogens (tertiary/aromatic N) is 1. The zero-order valence-electron chi connectivity index (χ0n) is 16.0. The van der Waals surface area contributed by atoms with Crippen molar-refractivity contribution in [1.29, 1.82) is 0 Å². The normalized spacial score (nSPS) is 31.0. The second-order valence-corrected chi connectivity index (χ2v) is 8.86. The van der Waals surface area contributed by atoms with E-state index in [1.54, 1.807) is 0 Å². The van der Waals surface area contributed by atoms with Crippen molar-refractivity contribution in [3.05, 3.63) is 35.9 Å². The molecule has 1 aromatic rings. The monoisotopic (exact) mass is 356 g/mol. The molecule has 4 nitrogen and oxygen atoms in total. The van der Waals surface area contributed by atoms with Gasteiger partial charge in [-0.3, -0.25) is 4.79 Å². The third-order valence-electron chi connectivity index (χ3n) is 7.13. The van der Waals surface area contributed by atoms with E-state index in [4.69, 9.17) is 0 Å². The summed E-state index contributed by atoms with van der Waals surface area (Å²) in [5.74, 6) is 1.89. The van der Waals surface area contributed by atoms with E-state index < -0.39 is 5.60 Å². The number of likely N-dealkylation sites (tertiary alicyclic amines) is 1. The highest BCUT2D eigenvalue weighted by Crippen LogP contribution is 2.51. The summed E-state index contributed by atoms with van der Waals surface area (Å²) < 4.78 is 0. The molecule has 3 atom stereocenters. The van der Waals surface area contributed by atoms with Gasteiger partial charge in [0.05, 0.1) is 0 Å². The predicted octanol–water partition coefficient (Wildman–Crippen LogP) is 2.77.